The number of nitrogens with zero attached hydrogens (tertiary/aromatic N) is 2. The van der Waals surface area contributed by atoms with Gasteiger partial charge in [0.05, 0.1) is 18.7 Å². The topological polar surface area (TPSA) is 184 Å². The number of amides is 1. The number of aromatic hydroxyl groups is 1. The lowest BCUT2D eigenvalue weighted by atomic mass is 9.58. The molecule has 4 atom stereocenters. The number of carbonyl (C=O) groups excluding carboxylic acids is 3. The molecule has 3 aliphatic rings. The average Bonchev–Trinajstić information content (AvgIpc) is 2.86. The average molecular weight is 522 g/mol. The molecule has 11 nitrogen and oxygen atoms in total. The summed E-state index contributed by atoms with van der Waals surface area (Å²) in [5.41, 5.74) is 3.42. The molecule has 0 aliphatic heterocycles. The van der Waals surface area contributed by atoms with Gasteiger partial charge in [-0.1, -0.05) is 6.07 Å². The monoisotopic (exact) mass is 521 g/mol. The standard InChI is InChI=1S/C27H27N3O8/c1-30(2)21-15-9-12-8-14-13(11-4-7-17(38-3)29-10-11)5-6-16(31)19(14)22(32)18(12)24(34)27(15,37)25(35)20(23(21)33)26(28)36/h4-7,10,12,15,21,31,33-34,37H,8-9H2,1-3H3,(H2,28,36)/t12-,15-,21-,27-/m0/s1. The molecule has 0 bridgehead atoms. The molecule has 1 heterocycles. The number of pyridine rings is 1. The van der Waals surface area contributed by atoms with Crippen LogP contribution in [0.5, 0.6) is 11.6 Å². The van der Waals surface area contributed by atoms with E-state index in [2.05, 4.69) is 4.98 Å². The molecular formula is C27H27N3O8. The third-order valence-corrected chi connectivity index (χ3v) is 7.86. The van der Waals surface area contributed by atoms with Crippen LogP contribution in [-0.2, 0) is 16.0 Å². The normalized spacial score (nSPS) is 26.7. The van der Waals surface area contributed by atoms with E-state index in [0.29, 0.717) is 22.6 Å². The molecule has 0 spiro atoms. The number of carbonyl (C=O) groups is 3. The predicted octanol–water partition coefficient (Wildman–Crippen LogP) is 1.19. The first-order chi connectivity index (χ1) is 17.9. The van der Waals surface area contributed by atoms with Gasteiger partial charge in [-0.15, -0.1) is 0 Å². The molecular weight excluding hydrogens is 494 g/mol. The van der Waals surface area contributed by atoms with E-state index in [4.69, 9.17) is 10.5 Å². The molecule has 0 fully saturated rings. The number of methoxy groups -OCH3 is 1. The van der Waals surface area contributed by atoms with Crippen LogP contribution in [0.2, 0.25) is 0 Å². The van der Waals surface area contributed by atoms with Crippen LogP contribution in [0.1, 0.15) is 22.3 Å². The fraction of sp³-hybridized carbons (Fsp3) is 0.333. The van der Waals surface area contributed by atoms with Gasteiger partial charge in [0.2, 0.25) is 11.7 Å². The van der Waals surface area contributed by atoms with Crippen LogP contribution in [0.15, 0.2) is 53.1 Å². The second-order valence-corrected chi connectivity index (χ2v) is 10.0. The highest BCUT2D eigenvalue weighted by molar-refractivity contribution is 6.24. The van der Waals surface area contributed by atoms with Gasteiger partial charge in [-0.2, -0.15) is 0 Å². The number of fused-ring (bicyclic) bond motifs is 3. The molecule has 1 amide bonds. The van der Waals surface area contributed by atoms with Crippen molar-refractivity contribution in [2.75, 3.05) is 21.2 Å². The van der Waals surface area contributed by atoms with E-state index in [9.17, 15) is 34.8 Å². The summed E-state index contributed by atoms with van der Waals surface area (Å²) in [5, 5.41) is 44.5. The Morgan fingerprint density at radius 3 is 2.45 bits per heavy atom. The molecule has 0 saturated heterocycles. The zero-order chi connectivity index (χ0) is 27.7. The summed E-state index contributed by atoms with van der Waals surface area (Å²) in [4.78, 5) is 44.9. The number of rotatable bonds is 4. The number of benzene rings is 1. The minimum atomic E-state index is -2.67. The fourth-order valence-electron chi connectivity index (χ4n) is 6.18. The lowest BCUT2D eigenvalue weighted by molar-refractivity contribution is -0.148. The maximum absolute atomic E-state index is 13.8. The number of hydrogen-bond donors (Lipinski definition) is 5. The van der Waals surface area contributed by atoms with Crippen LogP contribution in [0.4, 0.5) is 0 Å². The molecule has 1 aromatic heterocycles. The molecule has 11 heteroatoms. The van der Waals surface area contributed by atoms with Crippen LogP contribution in [-0.4, -0.2) is 80.6 Å². The van der Waals surface area contributed by atoms with Gasteiger partial charge in [0.25, 0.3) is 5.91 Å². The van der Waals surface area contributed by atoms with Gasteiger partial charge in [-0.05, 0) is 56.1 Å². The smallest absolute Gasteiger partial charge is 0.255 e. The second-order valence-electron chi connectivity index (χ2n) is 10.0. The predicted molar refractivity (Wildman–Crippen MR) is 133 cm³/mol. The zero-order valence-electron chi connectivity index (χ0n) is 20.9. The first-order valence-corrected chi connectivity index (χ1v) is 11.9. The number of likely N-dealkylation sites (N-methyl/N-ethyl adjacent to an activating group) is 1. The summed E-state index contributed by atoms with van der Waals surface area (Å²) in [6, 6.07) is 5.40. The number of ether oxygens (including phenoxy) is 1. The number of primary amides is 1. The Morgan fingerprint density at radius 2 is 1.87 bits per heavy atom. The number of phenols is 1. The van der Waals surface area contributed by atoms with E-state index in [1.54, 1.807) is 38.5 Å². The summed E-state index contributed by atoms with van der Waals surface area (Å²) in [6.45, 7) is 0. The van der Waals surface area contributed by atoms with Crippen molar-refractivity contribution in [3.63, 3.8) is 0 Å². The largest absolute Gasteiger partial charge is 0.510 e. The molecule has 0 radical (unpaired) electrons. The fourth-order valence-corrected chi connectivity index (χ4v) is 6.18. The number of allylic oxidation sites excluding steroid dienone is 1. The number of nitrogens with two attached hydrogens (primary N) is 1. The number of hydrogen-bond acceptors (Lipinski definition) is 10. The van der Waals surface area contributed by atoms with Gasteiger partial charge in [0.15, 0.2) is 11.4 Å². The summed E-state index contributed by atoms with van der Waals surface area (Å²) in [5.74, 6) is -6.44. The van der Waals surface area contributed by atoms with E-state index in [0.717, 1.165) is 0 Å². The Hall–Kier alpha value is -4.22. The maximum Gasteiger partial charge on any atom is 0.255 e. The molecule has 5 rings (SSSR count). The van der Waals surface area contributed by atoms with Gasteiger partial charge in [0.1, 0.15) is 22.8 Å². The second kappa shape index (κ2) is 8.67. The van der Waals surface area contributed by atoms with Crippen molar-refractivity contribution in [1.29, 1.82) is 0 Å². The van der Waals surface area contributed by atoms with Gasteiger partial charge >= 0.3 is 0 Å². The van der Waals surface area contributed by atoms with Crippen molar-refractivity contribution >= 4 is 17.5 Å². The van der Waals surface area contributed by atoms with Crippen molar-refractivity contribution < 1.29 is 39.5 Å². The van der Waals surface area contributed by atoms with Gasteiger partial charge < -0.3 is 30.9 Å². The van der Waals surface area contributed by atoms with Gasteiger partial charge in [-0.25, -0.2) is 4.98 Å². The molecule has 2 aromatic rings. The SMILES string of the molecule is COc1ccc(-c2ccc(O)c3c2C[C@H]2C[C@H]4[C@H](N(C)C)C(O)=C(C(N)=O)C(=O)[C@@]4(O)C(O)=C2C3=O)cn1. The van der Waals surface area contributed by atoms with Crippen molar-refractivity contribution in [3.05, 3.63) is 64.3 Å². The summed E-state index contributed by atoms with van der Waals surface area (Å²) in [6.07, 6.45) is 1.78. The van der Waals surface area contributed by atoms with Gasteiger partial charge in [-0.3, -0.25) is 19.3 Å². The Bertz CT molecular complexity index is 1460. The Morgan fingerprint density at radius 1 is 1.16 bits per heavy atom. The van der Waals surface area contributed by atoms with Crippen LogP contribution in [0, 0.1) is 11.8 Å². The number of phenolic OH excluding ortho intramolecular Hbond substituents is 1. The van der Waals surface area contributed by atoms with E-state index < -0.39 is 58.0 Å². The molecule has 198 valence electrons. The van der Waals surface area contributed by atoms with E-state index in [1.165, 1.54) is 18.1 Å². The first kappa shape index (κ1) is 25.4. The lowest BCUT2D eigenvalue weighted by Crippen LogP contribution is -2.63. The van der Waals surface area contributed by atoms with Crippen LogP contribution in [0.3, 0.4) is 0 Å². The first-order valence-electron chi connectivity index (χ1n) is 11.9. The van der Waals surface area contributed by atoms with E-state index in [1.807, 2.05) is 0 Å². The lowest BCUT2D eigenvalue weighted by Gasteiger charge is -2.50. The number of aromatic nitrogens is 1. The van der Waals surface area contributed by atoms with E-state index >= 15 is 0 Å². The van der Waals surface area contributed by atoms with Crippen LogP contribution < -0.4 is 10.5 Å². The van der Waals surface area contributed by atoms with Crippen molar-refractivity contribution in [2.45, 2.75) is 24.5 Å². The van der Waals surface area contributed by atoms with Crippen molar-refractivity contribution in [3.8, 4) is 22.8 Å². The Kier molecular flexibility index (Phi) is 5.80. The molecule has 0 saturated carbocycles. The highest BCUT2D eigenvalue weighted by atomic mass is 16.5. The molecule has 38 heavy (non-hydrogen) atoms. The third kappa shape index (κ3) is 3.35. The maximum atomic E-state index is 13.8. The molecule has 6 N–H and O–H groups in total. The van der Waals surface area contributed by atoms with Crippen molar-refractivity contribution in [2.24, 2.45) is 17.6 Å². The zero-order valence-corrected chi connectivity index (χ0v) is 20.9. The third-order valence-electron chi connectivity index (χ3n) is 7.86. The minimum Gasteiger partial charge on any atom is -0.510 e. The number of aliphatic hydroxyl groups is 3. The number of Topliss-reactive ketones (excluding diaryl/α,β-unsaturated/α-hetero) is 2. The highest BCUT2D eigenvalue weighted by Gasteiger charge is 2.63. The Labute approximate surface area is 217 Å². The summed E-state index contributed by atoms with van der Waals surface area (Å²) < 4.78 is 5.12. The molecule has 0 unspecified atom stereocenters. The Balaban J connectivity index is 1.70. The van der Waals surface area contributed by atoms with Crippen LogP contribution in [0.25, 0.3) is 11.1 Å². The van der Waals surface area contributed by atoms with Crippen LogP contribution >= 0.6 is 0 Å². The highest BCUT2D eigenvalue weighted by Crippen LogP contribution is 2.53. The summed E-state index contributed by atoms with van der Waals surface area (Å²) >= 11 is 0. The molecule has 1 aromatic carbocycles. The summed E-state index contributed by atoms with van der Waals surface area (Å²) in [7, 11) is 4.66. The minimum absolute atomic E-state index is 0.0156. The molecule has 3 aliphatic carbocycles. The number of ketones is 2. The van der Waals surface area contributed by atoms with E-state index in [-0.39, 0.29) is 29.7 Å². The number of aliphatic hydroxyl groups excluding tert-OH is 2. The quantitative estimate of drug-likeness (QED) is 0.366. The van der Waals surface area contributed by atoms with Gasteiger partial charge in [0, 0.05) is 29.3 Å². The van der Waals surface area contributed by atoms with Crippen molar-refractivity contribution in [1.82, 2.24) is 9.88 Å².